The van der Waals surface area contributed by atoms with Crippen LogP contribution in [0.25, 0.3) is 0 Å². The van der Waals surface area contributed by atoms with Crippen LogP contribution < -0.4 is 5.32 Å². The number of guanidine groups is 1. The van der Waals surface area contributed by atoms with Gasteiger partial charge in [0.2, 0.25) is 6.23 Å². The smallest absolute Gasteiger partial charge is 0.276 e. The molecule has 10 heteroatoms. The van der Waals surface area contributed by atoms with Crippen LogP contribution in [0.5, 0.6) is 0 Å². The number of aliphatic hydroxyl groups is 2. The zero-order chi connectivity index (χ0) is 26.4. The first-order chi connectivity index (χ1) is 16.7. The molecule has 0 aromatic heterocycles. The molecule has 0 spiro atoms. The molecule has 4 fully saturated rings. The third-order valence-electron chi connectivity index (χ3n) is 10.2. The summed E-state index contributed by atoms with van der Waals surface area (Å²) in [7, 11) is 1.48. The Balaban J connectivity index is 1.45. The van der Waals surface area contributed by atoms with Gasteiger partial charge in [-0.1, -0.05) is 25.5 Å². The maximum Gasteiger partial charge on any atom is 0.276 e. The van der Waals surface area contributed by atoms with Crippen molar-refractivity contribution in [3.8, 4) is 0 Å². The topological polar surface area (TPSA) is 140 Å². The number of nitrogens with one attached hydrogen (secondary N) is 2. The third-order valence-corrected chi connectivity index (χ3v) is 10.2. The highest BCUT2D eigenvalue weighted by Gasteiger charge is 2.75. The summed E-state index contributed by atoms with van der Waals surface area (Å²) in [6.07, 6.45) is 2.95. The van der Waals surface area contributed by atoms with Gasteiger partial charge in [0.15, 0.2) is 23.2 Å². The summed E-state index contributed by atoms with van der Waals surface area (Å²) < 4.78 is 22.7. The van der Waals surface area contributed by atoms with E-state index in [-0.39, 0.29) is 24.1 Å². The molecule has 1 saturated heterocycles. The molecule has 9 nitrogen and oxygen atoms in total. The maximum absolute atomic E-state index is 17.2. The SMILES string of the molecule is C[C@@H]1C[C@H]2[C@@H]3CCC4=CC(=O)C=C[C@]4(C)[C@@]3(F)[C@@H](O)C[C@]2(C)[C@@]1(O)C(=O)COC1C(=O)NC(=N)N1C. The number of hydrogen-bond acceptors (Lipinski definition) is 7. The van der Waals surface area contributed by atoms with Crippen LogP contribution in [0.15, 0.2) is 23.8 Å². The van der Waals surface area contributed by atoms with Gasteiger partial charge in [0.1, 0.15) is 12.2 Å². The second kappa shape index (κ2) is 7.79. The van der Waals surface area contributed by atoms with E-state index in [1.165, 1.54) is 24.1 Å². The van der Waals surface area contributed by atoms with E-state index >= 15 is 4.39 Å². The van der Waals surface area contributed by atoms with Crippen molar-refractivity contribution in [3.05, 3.63) is 23.8 Å². The van der Waals surface area contributed by atoms with Crippen LogP contribution in [0.1, 0.15) is 46.5 Å². The number of amides is 1. The Labute approximate surface area is 209 Å². The number of aliphatic hydroxyl groups excluding tert-OH is 1. The van der Waals surface area contributed by atoms with Gasteiger partial charge in [-0.15, -0.1) is 0 Å². The second-order valence-corrected chi connectivity index (χ2v) is 11.7. The molecule has 4 N–H and O–H groups in total. The van der Waals surface area contributed by atoms with Gasteiger partial charge in [-0.25, -0.2) is 4.39 Å². The van der Waals surface area contributed by atoms with Gasteiger partial charge >= 0.3 is 0 Å². The summed E-state index contributed by atoms with van der Waals surface area (Å²) in [6.45, 7) is 4.67. The molecule has 0 bridgehead atoms. The fourth-order valence-electron chi connectivity index (χ4n) is 8.15. The van der Waals surface area contributed by atoms with Crippen molar-refractivity contribution in [2.45, 2.75) is 70.1 Å². The molecule has 5 rings (SSSR count). The minimum atomic E-state index is -2.05. The van der Waals surface area contributed by atoms with Crippen LogP contribution in [0, 0.1) is 34.0 Å². The third kappa shape index (κ3) is 2.92. The number of fused-ring (bicyclic) bond motifs is 5. The predicted molar refractivity (Wildman–Crippen MR) is 126 cm³/mol. The fraction of sp³-hybridized carbons (Fsp3) is 0.692. The molecule has 9 atom stereocenters. The van der Waals surface area contributed by atoms with Gasteiger partial charge in [-0.3, -0.25) is 25.1 Å². The van der Waals surface area contributed by atoms with E-state index in [1.54, 1.807) is 26.8 Å². The number of ketones is 2. The van der Waals surface area contributed by atoms with Gasteiger partial charge < -0.3 is 19.8 Å². The number of rotatable bonds is 4. The van der Waals surface area contributed by atoms with Gasteiger partial charge in [0.05, 0.1) is 6.10 Å². The molecule has 4 aliphatic carbocycles. The zero-order valence-electron chi connectivity index (χ0n) is 21.0. The Morgan fingerprint density at radius 1 is 1.33 bits per heavy atom. The molecule has 36 heavy (non-hydrogen) atoms. The molecule has 0 aromatic carbocycles. The monoisotopic (exact) mass is 503 g/mol. The highest BCUT2D eigenvalue weighted by Crippen LogP contribution is 2.70. The number of likely N-dealkylation sites (N-methyl/N-ethyl adjacent to an activating group) is 1. The van der Waals surface area contributed by atoms with E-state index in [0.717, 1.165) is 0 Å². The summed E-state index contributed by atoms with van der Waals surface area (Å²) in [4.78, 5) is 38.9. The number of Topliss-reactive ketones (excluding diaryl/α,β-unsaturated/α-hetero) is 1. The molecule has 1 unspecified atom stereocenters. The quantitative estimate of drug-likeness (QED) is 0.453. The first-order valence-electron chi connectivity index (χ1n) is 12.5. The lowest BCUT2D eigenvalue weighted by Gasteiger charge is -2.62. The highest BCUT2D eigenvalue weighted by atomic mass is 19.1. The van der Waals surface area contributed by atoms with Crippen LogP contribution in [-0.2, 0) is 19.1 Å². The van der Waals surface area contributed by atoms with Crippen LogP contribution in [0.4, 0.5) is 4.39 Å². The molecule has 1 aliphatic heterocycles. The normalized spacial score (nSPS) is 47.8. The van der Waals surface area contributed by atoms with Crippen LogP contribution in [-0.4, -0.2) is 75.8 Å². The van der Waals surface area contributed by atoms with Crippen molar-refractivity contribution < 1.29 is 33.7 Å². The maximum atomic E-state index is 17.2. The summed E-state index contributed by atoms with van der Waals surface area (Å²) in [5.74, 6) is -3.06. The van der Waals surface area contributed by atoms with Gasteiger partial charge in [0.25, 0.3) is 5.91 Å². The number of carbonyl (C=O) groups excluding carboxylic acids is 3. The number of ether oxygens (including phenoxy) is 1. The van der Waals surface area contributed by atoms with Gasteiger partial charge in [0, 0.05) is 23.8 Å². The second-order valence-electron chi connectivity index (χ2n) is 11.7. The number of carbonyl (C=O) groups is 3. The van der Waals surface area contributed by atoms with E-state index < -0.39 is 64.6 Å². The van der Waals surface area contributed by atoms with E-state index in [1.807, 2.05) is 0 Å². The van der Waals surface area contributed by atoms with Gasteiger partial charge in [-0.05, 0) is 56.6 Å². The Morgan fingerprint density at radius 2 is 2.03 bits per heavy atom. The minimum Gasteiger partial charge on any atom is -0.390 e. The number of alkyl halides is 1. The molecular weight excluding hydrogens is 469 g/mol. The molecular formula is C26H34FN3O6. The Morgan fingerprint density at radius 3 is 2.67 bits per heavy atom. The predicted octanol–water partition coefficient (Wildman–Crippen LogP) is 1.24. The molecule has 0 aromatic rings. The molecule has 3 saturated carbocycles. The van der Waals surface area contributed by atoms with Crippen molar-refractivity contribution in [1.82, 2.24) is 10.2 Å². The van der Waals surface area contributed by atoms with E-state index in [4.69, 9.17) is 10.1 Å². The lowest BCUT2D eigenvalue weighted by molar-refractivity contribution is -0.220. The average Bonchev–Trinajstić information content (AvgIpc) is 3.17. The Bertz CT molecular complexity index is 1120. The lowest BCUT2D eigenvalue weighted by atomic mass is 9.44. The van der Waals surface area contributed by atoms with Crippen molar-refractivity contribution in [2.75, 3.05) is 13.7 Å². The number of allylic oxidation sites excluding steroid dienone is 4. The average molecular weight is 504 g/mol. The van der Waals surface area contributed by atoms with E-state index in [0.29, 0.717) is 24.8 Å². The molecule has 196 valence electrons. The van der Waals surface area contributed by atoms with Crippen LogP contribution >= 0.6 is 0 Å². The fourth-order valence-corrected chi connectivity index (χ4v) is 8.15. The van der Waals surface area contributed by atoms with Crippen molar-refractivity contribution >= 4 is 23.4 Å². The highest BCUT2D eigenvalue weighted by molar-refractivity contribution is 6.04. The lowest BCUT2D eigenvalue weighted by Crippen LogP contribution is -2.69. The number of hydrogen-bond donors (Lipinski definition) is 4. The summed E-state index contributed by atoms with van der Waals surface area (Å²) in [5, 5.41) is 33.4. The van der Waals surface area contributed by atoms with Crippen LogP contribution in [0.2, 0.25) is 0 Å². The van der Waals surface area contributed by atoms with E-state index in [2.05, 4.69) is 5.32 Å². The largest absolute Gasteiger partial charge is 0.390 e. The van der Waals surface area contributed by atoms with Crippen LogP contribution in [0.3, 0.4) is 0 Å². The molecule has 1 heterocycles. The first kappa shape index (κ1) is 25.2. The Hall–Kier alpha value is -2.43. The van der Waals surface area contributed by atoms with Crippen molar-refractivity contribution in [1.29, 1.82) is 5.41 Å². The van der Waals surface area contributed by atoms with Crippen molar-refractivity contribution in [2.24, 2.45) is 28.6 Å². The van der Waals surface area contributed by atoms with Crippen molar-refractivity contribution in [3.63, 3.8) is 0 Å². The minimum absolute atomic E-state index is 0.129. The summed E-state index contributed by atoms with van der Waals surface area (Å²) in [6, 6.07) is 0. The molecule has 5 aliphatic rings. The molecule has 0 radical (unpaired) electrons. The van der Waals surface area contributed by atoms with Gasteiger partial charge in [-0.2, -0.15) is 0 Å². The molecule has 1 amide bonds. The zero-order valence-corrected chi connectivity index (χ0v) is 21.0. The first-order valence-corrected chi connectivity index (χ1v) is 12.5. The Kier molecular flexibility index (Phi) is 5.46. The summed E-state index contributed by atoms with van der Waals surface area (Å²) in [5.41, 5.74) is -5.53. The van der Waals surface area contributed by atoms with E-state index in [9.17, 15) is 24.6 Å². The number of halogens is 1. The number of nitrogens with zero attached hydrogens (tertiary/aromatic N) is 1. The standard InChI is InChI=1S/C26H34FN3O6/c1-13-9-17-16-6-5-14-10-15(31)7-8-23(14,2)25(16,27)18(32)11-24(17,3)26(13,35)19(33)12-36-21-20(34)29-22(28)30(21)4/h7-8,10,13,16-18,21,32,35H,5-6,9,11-12H2,1-4H3,(H2,28,29,34)/t13-,16+,17+,18+,21?,23+,24+,25+,26+/m1/s1. The summed E-state index contributed by atoms with van der Waals surface area (Å²) >= 11 is 0.